The summed E-state index contributed by atoms with van der Waals surface area (Å²) in [7, 11) is 0. The van der Waals surface area contributed by atoms with Gasteiger partial charge in [0.15, 0.2) is 0 Å². The predicted molar refractivity (Wildman–Crippen MR) is 72.2 cm³/mol. The van der Waals surface area contributed by atoms with Crippen molar-refractivity contribution in [1.29, 1.82) is 0 Å². The number of furan rings is 1. The molecule has 0 radical (unpaired) electrons. The van der Waals surface area contributed by atoms with Crippen LogP contribution in [0, 0.1) is 19.8 Å². The van der Waals surface area contributed by atoms with Crippen LogP contribution in [0.15, 0.2) is 22.6 Å². The second kappa shape index (κ2) is 4.92. The van der Waals surface area contributed by atoms with Gasteiger partial charge in [0.05, 0.1) is 6.54 Å². The molecule has 0 spiro atoms. The summed E-state index contributed by atoms with van der Waals surface area (Å²) in [5.74, 6) is 1.69. The third-order valence-electron chi connectivity index (χ3n) is 2.85. The van der Waals surface area contributed by atoms with Crippen LogP contribution in [0.2, 0.25) is 0 Å². The Morgan fingerprint density at radius 2 is 1.94 bits per heavy atom. The van der Waals surface area contributed by atoms with Gasteiger partial charge in [-0.05, 0) is 44.0 Å². The van der Waals surface area contributed by atoms with Gasteiger partial charge in [0.2, 0.25) is 0 Å². The number of benzene rings is 1. The van der Waals surface area contributed by atoms with Gasteiger partial charge >= 0.3 is 0 Å². The quantitative estimate of drug-likeness (QED) is 0.866. The van der Waals surface area contributed by atoms with E-state index >= 15 is 0 Å². The van der Waals surface area contributed by atoms with Crippen LogP contribution in [-0.2, 0) is 6.54 Å². The molecule has 0 saturated heterocycles. The number of hydrogen-bond donors (Lipinski definition) is 1. The normalized spacial score (nSPS) is 11.6. The van der Waals surface area contributed by atoms with E-state index in [4.69, 9.17) is 4.42 Å². The molecule has 0 aliphatic carbocycles. The van der Waals surface area contributed by atoms with E-state index in [-0.39, 0.29) is 0 Å². The minimum absolute atomic E-state index is 0.670. The molecular weight excluding hydrogens is 210 g/mol. The van der Waals surface area contributed by atoms with Gasteiger partial charge < -0.3 is 9.73 Å². The fourth-order valence-corrected chi connectivity index (χ4v) is 2.14. The van der Waals surface area contributed by atoms with Crippen molar-refractivity contribution in [3.63, 3.8) is 0 Å². The van der Waals surface area contributed by atoms with Crippen LogP contribution in [0.25, 0.3) is 11.0 Å². The van der Waals surface area contributed by atoms with Gasteiger partial charge in [-0.1, -0.05) is 25.5 Å². The van der Waals surface area contributed by atoms with E-state index < -0.39 is 0 Å². The monoisotopic (exact) mass is 231 g/mol. The summed E-state index contributed by atoms with van der Waals surface area (Å²) in [6, 6.07) is 6.48. The fraction of sp³-hybridized carbons (Fsp3) is 0.467. The Balaban J connectivity index is 2.17. The lowest BCUT2D eigenvalue weighted by molar-refractivity contribution is 0.484. The van der Waals surface area contributed by atoms with E-state index in [0.717, 1.165) is 24.4 Å². The van der Waals surface area contributed by atoms with E-state index in [1.54, 1.807) is 0 Å². The second-order valence-corrected chi connectivity index (χ2v) is 5.24. The Morgan fingerprint density at radius 3 is 2.65 bits per heavy atom. The Kier molecular flexibility index (Phi) is 3.53. The highest BCUT2D eigenvalue weighted by molar-refractivity contribution is 5.81. The Morgan fingerprint density at radius 1 is 1.18 bits per heavy atom. The number of hydrogen-bond acceptors (Lipinski definition) is 2. The van der Waals surface area contributed by atoms with Crippen molar-refractivity contribution in [2.24, 2.45) is 5.92 Å². The summed E-state index contributed by atoms with van der Waals surface area (Å²) >= 11 is 0. The molecule has 0 amide bonds. The van der Waals surface area contributed by atoms with Crippen LogP contribution >= 0.6 is 0 Å². The summed E-state index contributed by atoms with van der Waals surface area (Å²) in [4.78, 5) is 0. The van der Waals surface area contributed by atoms with Crippen LogP contribution in [0.5, 0.6) is 0 Å². The molecule has 0 unspecified atom stereocenters. The molecule has 0 aliphatic rings. The lowest BCUT2D eigenvalue weighted by Crippen LogP contribution is -2.18. The van der Waals surface area contributed by atoms with Crippen molar-refractivity contribution in [3.05, 3.63) is 35.1 Å². The second-order valence-electron chi connectivity index (χ2n) is 5.24. The Hall–Kier alpha value is -1.28. The van der Waals surface area contributed by atoms with Gasteiger partial charge in [0.25, 0.3) is 0 Å². The molecule has 2 rings (SSSR count). The first-order valence-electron chi connectivity index (χ1n) is 6.26. The van der Waals surface area contributed by atoms with Crippen molar-refractivity contribution in [2.45, 2.75) is 34.2 Å². The molecule has 0 atom stereocenters. The first-order valence-corrected chi connectivity index (χ1v) is 6.26. The van der Waals surface area contributed by atoms with Crippen LogP contribution in [0.1, 0.15) is 30.7 Å². The van der Waals surface area contributed by atoms with Gasteiger partial charge in [0, 0.05) is 5.39 Å². The summed E-state index contributed by atoms with van der Waals surface area (Å²) in [5, 5.41) is 4.61. The third kappa shape index (κ3) is 2.89. The molecule has 1 heterocycles. The highest BCUT2D eigenvalue weighted by atomic mass is 16.3. The summed E-state index contributed by atoms with van der Waals surface area (Å²) in [5.41, 5.74) is 3.53. The standard InChI is InChI=1S/C15H21NO/c1-10(2)8-16-9-14-7-13-6-11(3)5-12(4)15(13)17-14/h5-7,10,16H,8-9H2,1-4H3. The lowest BCUT2D eigenvalue weighted by Gasteiger charge is -2.04. The van der Waals surface area contributed by atoms with E-state index in [2.05, 4.69) is 51.2 Å². The molecule has 17 heavy (non-hydrogen) atoms. The van der Waals surface area contributed by atoms with Crippen LogP contribution in [-0.4, -0.2) is 6.54 Å². The van der Waals surface area contributed by atoms with Gasteiger partial charge in [-0.25, -0.2) is 0 Å². The molecule has 1 N–H and O–H groups in total. The fourth-order valence-electron chi connectivity index (χ4n) is 2.14. The SMILES string of the molecule is Cc1cc(C)c2oc(CNCC(C)C)cc2c1. The van der Waals surface area contributed by atoms with Crippen molar-refractivity contribution in [1.82, 2.24) is 5.32 Å². The lowest BCUT2D eigenvalue weighted by atomic mass is 10.1. The van der Waals surface area contributed by atoms with Gasteiger partial charge in [-0.15, -0.1) is 0 Å². The summed E-state index contributed by atoms with van der Waals surface area (Å²) in [6.45, 7) is 10.5. The number of fused-ring (bicyclic) bond motifs is 1. The smallest absolute Gasteiger partial charge is 0.137 e. The molecule has 0 bridgehead atoms. The predicted octanol–water partition coefficient (Wildman–Crippen LogP) is 3.80. The average molecular weight is 231 g/mol. The molecule has 0 fully saturated rings. The van der Waals surface area contributed by atoms with E-state index in [1.807, 2.05) is 0 Å². The van der Waals surface area contributed by atoms with E-state index in [1.165, 1.54) is 16.5 Å². The van der Waals surface area contributed by atoms with Gasteiger partial charge in [-0.2, -0.15) is 0 Å². The molecule has 2 aromatic rings. The van der Waals surface area contributed by atoms with E-state index in [9.17, 15) is 0 Å². The van der Waals surface area contributed by atoms with Crippen molar-refractivity contribution >= 4 is 11.0 Å². The van der Waals surface area contributed by atoms with Crippen molar-refractivity contribution in [3.8, 4) is 0 Å². The summed E-state index contributed by atoms with van der Waals surface area (Å²) in [6.07, 6.45) is 0. The molecule has 92 valence electrons. The molecule has 1 aromatic carbocycles. The molecular formula is C15H21NO. The molecule has 2 nitrogen and oxygen atoms in total. The summed E-state index contributed by atoms with van der Waals surface area (Å²) < 4.78 is 5.87. The number of nitrogens with one attached hydrogen (secondary N) is 1. The van der Waals surface area contributed by atoms with Crippen LogP contribution in [0.3, 0.4) is 0 Å². The van der Waals surface area contributed by atoms with Crippen LogP contribution < -0.4 is 5.32 Å². The maximum atomic E-state index is 5.87. The first kappa shape index (κ1) is 12.2. The van der Waals surface area contributed by atoms with Gasteiger partial charge in [-0.3, -0.25) is 0 Å². The minimum atomic E-state index is 0.670. The van der Waals surface area contributed by atoms with Gasteiger partial charge in [0.1, 0.15) is 11.3 Å². The molecule has 1 aromatic heterocycles. The zero-order valence-electron chi connectivity index (χ0n) is 11.1. The maximum absolute atomic E-state index is 5.87. The first-order chi connectivity index (χ1) is 8.06. The molecule has 2 heteroatoms. The van der Waals surface area contributed by atoms with Crippen molar-refractivity contribution in [2.75, 3.05) is 6.54 Å². The number of rotatable bonds is 4. The topological polar surface area (TPSA) is 25.2 Å². The van der Waals surface area contributed by atoms with Crippen molar-refractivity contribution < 1.29 is 4.42 Å². The zero-order chi connectivity index (χ0) is 12.4. The Labute approximate surface area is 103 Å². The Bertz CT molecular complexity index is 511. The highest BCUT2D eigenvalue weighted by Crippen LogP contribution is 2.24. The molecule has 0 saturated carbocycles. The van der Waals surface area contributed by atoms with E-state index in [0.29, 0.717) is 5.92 Å². The number of aryl methyl sites for hydroxylation is 2. The largest absolute Gasteiger partial charge is 0.459 e. The average Bonchev–Trinajstić information content (AvgIpc) is 2.60. The highest BCUT2D eigenvalue weighted by Gasteiger charge is 2.06. The minimum Gasteiger partial charge on any atom is -0.459 e. The zero-order valence-corrected chi connectivity index (χ0v) is 11.1. The third-order valence-corrected chi connectivity index (χ3v) is 2.85. The van der Waals surface area contributed by atoms with Crippen LogP contribution in [0.4, 0.5) is 0 Å². The maximum Gasteiger partial charge on any atom is 0.137 e. The molecule has 0 aliphatic heterocycles.